The van der Waals surface area contributed by atoms with Crippen molar-refractivity contribution in [3.63, 3.8) is 0 Å². The molecule has 1 aliphatic rings. The van der Waals surface area contributed by atoms with E-state index in [0.29, 0.717) is 12.5 Å². The summed E-state index contributed by atoms with van der Waals surface area (Å²) in [5, 5.41) is 9.24. The number of aliphatic hydroxyl groups excluding tert-OH is 1. The molecule has 1 fully saturated rings. The Balaban J connectivity index is 2.16. The number of aromatic nitrogens is 2. The second kappa shape index (κ2) is 4.71. The van der Waals surface area contributed by atoms with Gasteiger partial charge in [-0.3, -0.25) is 0 Å². The van der Waals surface area contributed by atoms with E-state index in [2.05, 4.69) is 9.97 Å². The molecule has 1 saturated heterocycles. The summed E-state index contributed by atoms with van der Waals surface area (Å²) in [7, 11) is 1.63. The van der Waals surface area contributed by atoms with Crippen LogP contribution in [0.5, 0.6) is 0 Å². The zero-order chi connectivity index (χ0) is 11.5. The van der Waals surface area contributed by atoms with E-state index in [1.165, 1.54) is 0 Å². The Labute approximate surface area is 92.9 Å². The van der Waals surface area contributed by atoms with E-state index < -0.39 is 5.82 Å². The molecule has 5 nitrogen and oxygen atoms in total. The monoisotopic (exact) mass is 227 g/mol. The van der Waals surface area contributed by atoms with Crippen molar-refractivity contribution in [2.24, 2.45) is 0 Å². The lowest BCUT2D eigenvalue weighted by Gasteiger charge is -2.22. The van der Waals surface area contributed by atoms with Crippen molar-refractivity contribution in [3.05, 3.63) is 18.2 Å². The average Bonchev–Trinajstić information content (AvgIpc) is 2.73. The summed E-state index contributed by atoms with van der Waals surface area (Å²) >= 11 is 0. The first-order chi connectivity index (χ1) is 7.74. The Morgan fingerprint density at radius 2 is 2.25 bits per heavy atom. The van der Waals surface area contributed by atoms with E-state index in [4.69, 9.17) is 4.74 Å². The molecule has 2 atom stereocenters. The Morgan fingerprint density at radius 1 is 1.56 bits per heavy atom. The van der Waals surface area contributed by atoms with Crippen molar-refractivity contribution in [1.82, 2.24) is 9.97 Å². The number of aliphatic hydroxyl groups is 1. The van der Waals surface area contributed by atoms with E-state index in [0.717, 1.165) is 18.8 Å². The molecule has 0 unspecified atom stereocenters. The molecule has 1 N–H and O–H groups in total. The molecular weight excluding hydrogens is 213 g/mol. The fourth-order valence-corrected chi connectivity index (χ4v) is 1.92. The fourth-order valence-electron chi connectivity index (χ4n) is 1.92. The van der Waals surface area contributed by atoms with Crippen molar-refractivity contribution in [3.8, 4) is 0 Å². The lowest BCUT2D eigenvalue weighted by atomic mass is 10.2. The molecule has 0 radical (unpaired) electrons. The molecule has 0 spiro atoms. The zero-order valence-electron chi connectivity index (χ0n) is 9.01. The van der Waals surface area contributed by atoms with Gasteiger partial charge in [0.15, 0.2) is 5.82 Å². The third-order valence-electron chi connectivity index (χ3n) is 2.78. The van der Waals surface area contributed by atoms with Gasteiger partial charge in [0.05, 0.1) is 31.1 Å². The average molecular weight is 227 g/mol. The van der Waals surface area contributed by atoms with Gasteiger partial charge in [0, 0.05) is 13.7 Å². The van der Waals surface area contributed by atoms with Gasteiger partial charge in [-0.2, -0.15) is 0 Å². The molecule has 1 aromatic heterocycles. The SMILES string of the molecule is CO[C@@H]1C[C@@H](CO)N(c2ncc(F)cn2)C1. The van der Waals surface area contributed by atoms with Crippen molar-refractivity contribution in [2.45, 2.75) is 18.6 Å². The van der Waals surface area contributed by atoms with Crippen LogP contribution < -0.4 is 4.90 Å². The molecule has 0 aliphatic carbocycles. The first-order valence-electron chi connectivity index (χ1n) is 5.12. The molecule has 16 heavy (non-hydrogen) atoms. The number of ether oxygens (including phenoxy) is 1. The molecular formula is C10H14FN3O2. The highest BCUT2D eigenvalue weighted by Gasteiger charge is 2.33. The van der Waals surface area contributed by atoms with Crippen LogP contribution in [0.4, 0.5) is 10.3 Å². The van der Waals surface area contributed by atoms with E-state index in [1.807, 2.05) is 4.90 Å². The molecule has 2 heterocycles. The summed E-state index contributed by atoms with van der Waals surface area (Å²) < 4.78 is 17.9. The maximum Gasteiger partial charge on any atom is 0.225 e. The van der Waals surface area contributed by atoms with Gasteiger partial charge in [-0.15, -0.1) is 0 Å². The summed E-state index contributed by atoms with van der Waals surface area (Å²) in [6.45, 7) is 0.633. The van der Waals surface area contributed by atoms with E-state index >= 15 is 0 Å². The first-order valence-corrected chi connectivity index (χ1v) is 5.12. The van der Waals surface area contributed by atoms with Crippen molar-refractivity contribution in [2.75, 3.05) is 25.2 Å². The second-order valence-electron chi connectivity index (χ2n) is 3.78. The Morgan fingerprint density at radius 3 is 2.81 bits per heavy atom. The summed E-state index contributed by atoms with van der Waals surface area (Å²) in [5.74, 6) is -0.0354. The molecule has 88 valence electrons. The van der Waals surface area contributed by atoms with Gasteiger partial charge >= 0.3 is 0 Å². The Kier molecular flexibility index (Phi) is 3.31. The molecule has 0 saturated carbocycles. The first kappa shape index (κ1) is 11.2. The van der Waals surface area contributed by atoms with Gasteiger partial charge in [-0.1, -0.05) is 0 Å². The minimum atomic E-state index is -0.466. The Bertz CT molecular complexity index is 346. The van der Waals surface area contributed by atoms with Gasteiger partial charge in [-0.05, 0) is 6.42 Å². The van der Waals surface area contributed by atoms with Crippen LogP contribution in [0.15, 0.2) is 12.4 Å². The maximum absolute atomic E-state index is 12.7. The topological polar surface area (TPSA) is 58.5 Å². The molecule has 1 aliphatic heterocycles. The number of anilines is 1. The van der Waals surface area contributed by atoms with Crippen molar-refractivity contribution < 1.29 is 14.2 Å². The van der Waals surface area contributed by atoms with Crippen LogP contribution in [0, 0.1) is 5.82 Å². The molecule has 0 aromatic carbocycles. The predicted molar refractivity (Wildman–Crippen MR) is 55.6 cm³/mol. The third-order valence-corrected chi connectivity index (χ3v) is 2.78. The number of methoxy groups -OCH3 is 1. The lowest BCUT2D eigenvalue weighted by Crippen LogP contribution is -2.33. The highest BCUT2D eigenvalue weighted by molar-refractivity contribution is 5.33. The quantitative estimate of drug-likeness (QED) is 0.799. The van der Waals surface area contributed by atoms with Crippen LogP contribution in [0.2, 0.25) is 0 Å². The van der Waals surface area contributed by atoms with Gasteiger partial charge in [0.2, 0.25) is 5.95 Å². The minimum Gasteiger partial charge on any atom is -0.394 e. The maximum atomic E-state index is 12.7. The largest absolute Gasteiger partial charge is 0.394 e. The number of nitrogens with zero attached hydrogens (tertiary/aromatic N) is 3. The number of hydrogen-bond acceptors (Lipinski definition) is 5. The van der Waals surface area contributed by atoms with Gasteiger partial charge < -0.3 is 14.7 Å². The van der Waals surface area contributed by atoms with Crippen LogP contribution in [0.1, 0.15) is 6.42 Å². The lowest BCUT2D eigenvalue weighted by molar-refractivity contribution is 0.115. The fraction of sp³-hybridized carbons (Fsp3) is 0.600. The Hall–Kier alpha value is -1.27. The molecule has 1 aromatic rings. The van der Waals surface area contributed by atoms with Crippen molar-refractivity contribution in [1.29, 1.82) is 0 Å². The standard InChI is InChI=1S/C10H14FN3O2/c1-16-9-2-8(6-15)14(5-9)10-12-3-7(11)4-13-10/h3-4,8-9,15H,2,5-6H2,1H3/t8-,9+/m0/s1. The normalized spacial score (nSPS) is 25.1. The smallest absolute Gasteiger partial charge is 0.225 e. The predicted octanol–water partition coefficient (Wildman–Crippen LogP) is 0.202. The molecule has 6 heteroatoms. The van der Waals surface area contributed by atoms with Crippen LogP contribution in [0.25, 0.3) is 0 Å². The number of rotatable bonds is 3. The van der Waals surface area contributed by atoms with E-state index in [1.54, 1.807) is 7.11 Å². The van der Waals surface area contributed by atoms with Crippen LogP contribution >= 0.6 is 0 Å². The molecule has 2 rings (SSSR count). The van der Waals surface area contributed by atoms with Gasteiger partial charge in [-0.25, -0.2) is 14.4 Å². The highest BCUT2D eigenvalue weighted by Crippen LogP contribution is 2.23. The summed E-state index contributed by atoms with van der Waals surface area (Å²) in [6, 6.07) is -0.0598. The third kappa shape index (κ3) is 2.12. The van der Waals surface area contributed by atoms with Gasteiger partial charge in [0.25, 0.3) is 0 Å². The van der Waals surface area contributed by atoms with E-state index in [9.17, 15) is 9.50 Å². The number of hydrogen-bond donors (Lipinski definition) is 1. The summed E-state index contributed by atoms with van der Waals surface area (Å²) in [4.78, 5) is 9.64. The second-order valence-corrected chi connectivity index (χ2v) is 3.78. The summed E-state index contributed by atoms with van der Waals surface area (Å²) in [5.41, 5.74) is 0. The highest BCUT2D eigenvalue weighted by atomic mass is 19.1. The van der Waals surface area contributed by atoms with Crippen molar-refractivity contribution >= 4 is 5.95 Å². The molecule has 0 bridgehead atoms. The number of halogens is 1. The summed E-state index contributed by atoms with van der Waals surface area (Å²) in [6.07, 6.45) is 3.03. The molecule has 0 amide bonds. The van der Waals surface area contributed by atoms with Crippen LogP contribution in [0.3, 0.4) is 0 Å². The van der Waals surface area contributed by atoms with Gasteiger partial charge in [0.1, 0.15) is 0 Å². The van der Waals surface area contributed by atoms with Crippen LogP contribution in [-0.4, -0.2) is 47.5 Å². The minimum absolute atomic E-state index is 0.0145. The van der Waals surface area contributed by atoms with Crippen LogP contribution in [-0.2, 0) is 4.74 Å². The van der Waals surface area contributed by atoms with E-state index in [-0.39, 0.29) is 18.8 Å². The zero-order valence-corrected chi connectivity index (χ0v) is 9.01.